The van der Waals surface area contributed by atoms with E-state index in [1.807, 2.05) is 0 Å². The van der Waals surface area contributed by atoms with Crippen LogP contribution in [0.4, 0.5) is 0 Å². The first kappa shape index (κ1) is 14.5. The second-order valence-corrected chi connectivity index (χ2v) is 5.98. The van der Waals surface area contributed by atoms with Gasteiger partial charge in [0.1, 0.15) is 0 Å². The highest BCUT2D eigenvalue weighted by atomic mass is 16.5. The summed E-state index contributed by atoms with van der Waals surface area (Å²) in [6.45, 7) is 11.3. The van der Waals surface area contributed by atoms with Crippen LogP contribution in [0, 0.1) is 0 Å². The molecule has 1 saturated heterocycles. The number of hydrogen-bond acceptors (Lipinski definition) is 3. The Morgan fingerprint density at radius 1 is 1.47 bits per heavy atom. The molecule has 19 heavy (non-hydrogen) atoms. The standard InChI is InChI=1S/C15H27N3O/c1-5-12-9-14(18(6-2)17-12)11-16-13-7-8-19-15(3,4)10-13/h9,13,16H,5-8,10-11H2,1-4H3. The molecule has 1 unspecified atom stereocenters. The van der Waals surface area contributed by atoms with Crippen LogP contribution in [-0.2, 0) is 24.2 Å². The van der Waals surface area contributed by atoms with E-state index in [-0.39, 0.29) is 5.60 Å². The molecule has 0 aliphatic carbocycles. The lowest BCUT2D eigenvalue weighted by Crippen LogP contribution is -2.43. The lowest BCUT2D eigenvalue weighted by atomic mass is 9.94. The summed E-state index contributed by atoms with van der Waals surface area (Å²) in [5.74, 6) is 0. The van der Waals surface area contributed by atoms with E-state index in [0.29, 0.717) is 6.04 Å². The van der Waals surface area contributed by atoms with Gasteiger partial charge in [0.15, 0.2) is 0 Å². The Balaban J connectivity index is 1.93. The highest BCUT2D eigenvalue weighted by Gasteiger charge is 2.28. The minimum absolute atomic E-state index is 0.00942. The van der Waals surface area contributed by atoms with Gasteiger partial charge in [-0.1, -0.05) is 6.92 Å². The van der Waals surface area contributed by atoms with E-state index in [0.717, 1.165) is 39.0 Å². The average molecular weight is 265 g/mol. The lowest BCUT2D eigenvalue weighted by Gasteiger charge is -2.36. The van der Waals surface area contributed by atoms with Gasteiger partial charge < -0.3 is 10.1 Å². The first-order valence-corrected chi connectivity index (χ1v) is 7.47. The third-order valence-electron chi connectivity index (χ3n) is 3.84. The van der Waals surface area contributed by atoms with Crippen molar-refractivity contribution in [3.8, 4) is 0 Å². The molecule has 2 rings (SSSR count). The summed E-state index contributed by atoms with van der Waals surface area (Å²) in [4.78, 5) is 0. The predicted molar refractivity (Wildman–Crippen MR) is 77.2 cm³/mol. The number of rotatable bonds is 5. The molecule has 0 aromatic carbocycles. The van der Waals surface area contributed by atoms with Gasteiger partial charge in [-0.2, -0.15) is 5.10 Å². The van der Waals surface area contributed by atoms with Crippen LogP contribution in [0.3, 0.4) is 0 Å². The summed E-state index contributed by atoms with van der Waals surface area (Å²) < 4.78 is 7.86. The van der Waals surface area contributed by atoms with Crippen LogP contribution in [0.2, 0.25) is 0 Å². The maximum atomic E-state index is 5.76. The van der Waals surface area contributed by atoms with Gasteiger partial charge in [0.2, 0.25) is 0 Å². The van der Waals surface area contributed by atoms with Crippen molar-refractivity contribution in [3.63, 3.8) is 0 Å². The van der Waals surface area contributed by atoms with Crippen LogP contribution < -0.4 is 5.32 Å². The fraction of sp³-hybridized carbons (Fsp3) is 0.800. The van der Waals surface area contributed by atoms with E-state index in [4.69, 9.17) is 4.74 Å². The molecule has 0 radical (unpaired) electrons. The fourth-order valence-corrected chi connectivity index (χ4v) is 2.76. The molecule has 0 spiro atoms. The quantitative estimate of drug-likeness (QED) is 0.889. The van der Waals surface area contributed by atoms with Gasteiger partial charge in [-0.3, -0.25) is 4.68 Å². The van der Waals surface area contributed by atoms with Crippen LogP contribution in [0.5, 0.6) is 0 Å². The van der Waals surface area contributed by atoms with Crippen LogP contribution >= 0.6 is 0 Å². The minimum Gasteiger partial charge on any atom is -0.375 e. The normalized spacial score (nSPS) is 22.6. The SMILES string of the molecule is CCc1cc(CNC2CCOC(C)(C)C2)n(CC)n1. The largest absolute Gasteiger partial charge is 0.375 e. The molecule has 1 N–H and O–H groups in total. The molecule has 1 aliphatic heterocycles. The van der Waals surface area contributed by atoms with Gasteiger partial charge >= 0.3 is 0 Å². The Hall–Kier alpha value is -0.870. The predicted octanol–water partition coefficient (Wildman–Crippen LogP) is 2.51. The third-order valence-corrected chi connectivity index (χ3v) is 3.84. The summed E-state index contributed by atoms with van der Waals surface area (Å²) in [5, 5.41) is 8.26. The average Bonchev–Trinajstić information content (AvgIpc) is 2.77. The minimum atomic E-state index is 0.00942. The van der Waals surface area contributed by atoms with Gasteiger partial charge in [-0.05, 0) is 46.1 Å². The van der Waals surface area contributed by atoms with E-state index in [1.54, 1.807) is 0 Å². The molecular weight excluding hydrogens is 238 g/mol. The number of ether oxygens (including phenoxy) is 1. The Bertz CT molecular complexity index is 412. The summed E-state index contributed by atoms with van der Waals surface area (Å²) in [6.07, 6.45) is 3.18. The van der Waals surface area contributed by atoms with Crippen molar-refractivity contribution in [2.24, 2.45) is 0 Å². The first-order chi connectivity index (χ1) is 9.04. The first-order valence-electron chi connectivity index (χ1n) is 7.47. The van der Waals surface area contributed by atoms with Crippen LogP contribution in [0.15, 0.2) is 6.07 Å². The summed E-state index contributed by atoms with van der Waals surface area (Å²) >= 11 is 0. The number of nitrogens with one attached hydrogen (secondary N) is 1. The Morgan fingerprint density at radius 3 is 2.89 bits per heavy atom. The molecule has 0 amide bonds. The van der Waals surface area contributed by atoms with Gasteiger partial charge in [-0.15, -0.1) is 0 Å². The zero-order chi connectivity index (χ0) is 13.9. The third kappa shape index (κ3) is 3.80. The molecular formula is C15H27N3O. The molecule has 1 fully saturated rings. The lowest BCUT2D eigenvalue weighted by molar-refractivity contribution is -0.0631. The number of aryl methyl sites for hydroxylation is 2. The summed E-state index contributed by atoms with van der Waals surface area (Å²) in [6, 6.07) is 2.77. The van der Waals surface area contributed by atoms with E-state index in [9.17, 15) is 0 Å². The second-order valence-electron chi connectivity index (χ2n) is 5.98. The van der Waals surface area contributed by atoms with E-state index >= 15 is 0 Å². The van der Waals surface area contributed by atoms with Crippen molar-refractivity contribution in [1.29, 1.82) is 0 Å². The van der Waals surface area contributed by atoms with Gasteiger partial charge in [0.05, 0.1) is 17.0 Å². The van der Waals surface area contributed by atoms with Crippen LogP contribution in [0.1, 0.15) is 51.9 Å². The van der Waals surface area contributed by atoms with Crippen molar-refractivity contribution in [2.45, 2.75) is 71.7 Å². The maximum absolute atomic E-state index is 5.76. The zero-order valence-corrected chi connectivity index (χ0v) is 12.7. The molecule has 1 aromatic heterocycles. The zero-order valence-electron chi connectivity index (χ0n) is 12.7. The van der Waals surface area contributed by atoms with E-state index in [1.165, 1.54) is 11.4 Å². The van der Waals surface area contributed by atoms with Crippen molar-refractivity contribution >= 4 is 0 Å². The van der Waals surface area contributed by atoms with E-state index in [2.05, 4.69) is 48.9 Å². The Morgan fingerprint density at radius 2 is 2.26 bits per heavy atom. The molecule has 1 aromatic rings. The maximum Gasteiger partial charge on any atom is 0.0641 e. The number of aromatic nitrogens is 2. The molecule has 4 heteroatoms. The van der Waals surface area contributed by atoms with Crippen LogP contribution in [0.25, 0.3) is 0 Å². The molecule has 0 saturated carbocycles. The molecule has 4 nitrogen and oxygen atoms in total. The van der Waals surface area contributed by atoms with Gasteiger partial charge in [0.25, 0.3) is 0 Å². The van der Waals surface area contributed by atoms with Gasteiger partial charge in [0, 0.05) is 25.7 Å². The van der Waals surface area contributed by atoms with Crippen LogP contribution in [-0.4, -0.2) is 28.0 Å². The Kier molecular flexibility index (Phi) is 4.63. The van der Waals surface area contributed by atoms with Crippen molar-refractivity contribution in [2.75, 3.05) is 6.61 Å². The van der Waals surface area contributed by atoms with Crippen molar-refractivity contribution in [1.82, 2.24) is 15.1 Å². The molecule has 2 heterocycles. The smallest absolute Gasteiger partial charge is 0.0641 e. The molecule has 0 bridgehead atoms. The summed E-state index contributed by atoms with van der Waals surface area (Å²) in [5.41, 5.74) is 2.49. The molecule has 1 atom stereocenters. The number of nitrogens with zero attached hydrogens (tertiary/aromatic N) is 2. The molecule has 1 aliphatic rings. The Labute approximate surface area is 116 Å². The highest BCUT2D eigenvalue weighted by Crippen LogP contribution is 2.24. The summed E-state index contributed by atoms with van der Waals surface area (Å²) in [7, 11) is 0. The van der Waals surface area contributed by atoms with Crippen molar-refractivity contribution in [3.05, 3.63) is 17.5 Å². The molecule has 108 valence electrons. The topological polar surface area (TPSA) is 39.1 Å². The van der Waals surface area contributed by atoms with Gasteiger partial charge in [-0.25, -0.2) is 0 Å². The monoisotopic (exact) mass is 265 g/mol. The van der Waals surface area contributed by atoms with E-state index < -0.39 is 0 Å². The fourth-order valence-electron chi connectivity index (χ4n) is 2.76. The second kappa shape index (κ2) is 6.06. The highest BCUT2D eigenvalue weighted by molar-refractivity contribution is 5.10. The number of hydrogen-bond donors (Lipinski definition) is 1. The van der Waals surface area contributed by atoms with Crippen molar-refractivity contribution < 1.29 is 4.74 Å².